The minimum Gasteiger partial charge on any atom is -0.370 e. The lowest BCUT2D eigenvalue weighted by molar-refractivity contribution is 0.752. The summed E-state index contributed by atoms with van der Waals surface area (Å²) in [5, 5.41) is 3.34. The number of fused-ring (bicyclic) bond motifs is 1. The van der Waals surface area contributed by atoms with Gasteiger partial charge in [0.25, 0.3) is 5.56 Å². The van der Waals surface area contributed by atoms with Crippen molar-refractivity contribution in [3.63, 3.8) is 0 Å². The highest BCUT2D eigenvalue weighted by atomic mass is 16.1. The van der Waals surface area contributed by atoms with Gasteiger partial charge in [-0.3, -0.25) is 4.79 Å². The number of nitrogens with zero attached hydrogens (tertiary/aromatic N) is 4. The molecule has 0 bridgehead atoms. The number of imidazole rings is 1. The first-order valence-electron chi connectivity index (χ1n) is 9.71. The van der Waals surface area contributed by atoms with Gasteiger partial charge in [0, 0.05) is 43.0 Å². The molecule has 0 atom stereocenters. The number of aromatic amines is 1. The first-order chi connectivity index (χ1) is 14.0. The number of pyridine rings is 1. The summed E-state index contributed by atoms with van der Waals surface area (Å²) in [6.45, 7) is 4.40. The molecule has 7 nitrogen and oxygen atoms in total. The van der Waals surface area contributed by atoms with E-state index in [-0.39, 0.29) is 5.56 Å². The second-order valence-electron chi connectivity index (χ2n) is 7.16. The Morgan fingerprint density at radius 2 is 1.93 bits per heavy atom. The Hall–Kier alpha value is -3.48. The van der Waals surface area contributed by atoms with Crippen LogP contribution in [0.2, 0.25) is 0 Å². The second-order valence-corrected chi connectivity index (χ2v) is 7.16. The van der Waals surface area contributed by atoms with Gasteiger partial charge in [-0.25, -0.2) is 15.0 Å². The third-order valence-corrected chi connectivity index (χ3v) is 5.19. The van der Waals surface area contributed by atoms with E-state index >= 15 is 0 Å². The van der Waals surface area contributed by atoms with Crippen LogP contribution in [0, 0.1) is 13.8 Å². The van der Waals surface area contributed by atoms with Gasteiger partial charge in [0.2, 0.25) is 0 Å². The van der Waals surface area contributed by atoms with Crippen LogP contribution >= 0.6 is 0 Å². The maximum absolute atomic E-state index is 11.9. The van der Waals surface area contributed by atoms with Crippen LogP contribution < -0.4 is 10.9 Å². The molecule has 0 saturated heterocycles. The molecule has 0 fully saturated rings. The Balaban J connectivity index is 1.36. The fourth-order valence-corrected chi connectivity index (χ4v) is 3.30. The molecule has 0 radical (unpaired) electrons. The van der Waals surface area contributed by atoms with Gasteiger partial charge in [-0.15, -0.1) is 0 Å². The summed E-state index contributed by atoms with van der Waals surface area (Å²) in [5.74, 6) is 2.42. The summed E-state index contributed by atoms with van der Waals surface area (Å²) in [6, 6.07) is 12.0. The smallest absolute Gasteiger partial charge is 0.254 e. The van der Waals surface area contributed by atoms with Crippen LogP contribution in [0.4, 0.5) is 5.82 Å². The van der Waals surface area contributed by atoms with Crippen LogP contribution in [-0.4, -0.2) is 31.0 Å². The van der Waals surface area contributed by atoms with Gasteiger partial charge < -0.3 is 14.9 Å². The van der Waals surface area contributed by atoms with Gasteiger partial charge in [0.05, 0.1) is 11.0 Å². The molecule has 0 spiro atoms. The number of anilines is 1. The van der Waals surface area contributed by atoms with E-state index in [2.05, 4.69) is 37.9 Å². The van der Waals surface area contributed by atoms with Crippen molar-refractivity contribution >= 4 is 16.9 Å². The van der Waals surface area contributed by atoms with Gasteiger partial charge >= 0.3 is 0 Å². The molecule has 4 aromatic rings. The van der Waals surface area contributed by atoms with Crippen LogP contribution in [0.15, 0.2) is 47.4 Å². The third-order valence-electron chi connectivity index (χ3n) is 5.19. The highest BCUT2D eigenvalue weighted by Gasteiger charge is 2.08. The summed E-state index contributed by atoms with van der Waals surface area (Å²) in [5.41, 5.74) is 4.24. The Morgan fingerprint density at radius 1 is 1.10 bits per heavy atom. The predicted octanol–water partition coefficient (Wildman–Crippen LogP) is 3.38. The predicted molar refractivity (Wildman–Crippen MR) is 115 cm³/mol. The van der Waals surface area contributed by atoms with E-state index in [4.69, 9.17) is 4.98 Å². The zero-order valence-electron chi connectivity index (χ0n) is 16.9. The molecular weight excluding hydrogens is 364 g/mol. The summed E-state index contributed by atoms with van der Waals surface area (Å²) >= 11 is 0. The number of rotatable bonds is 6. The molecule has 4 rings (SSSR count). The number of hydrogen-bond donors (Lipinski definition) is 2. The third kappa shape index (κ3) is 3.89. The van der Waals surface area contributed by atoms with E-state index in [0.717, 1.165) is 53.3 Å². The minimum atomic E-state index is -0.114. The summed E-state index contributed by atoms with van der Waals surface area (Å²) in [7, 11) is 2.06. The Kier molecular flexibility index (Phi) is 5.12. The fourth-order valence-electron chi connectivity index (χ4n) is 3.30. The Morgan fingerprint density at radius 3 is 2.66 bits per heavy atom. The number of aromatic nitrogens is 5. The molecule has 3 heterocycles. The average Bonchev–Trinajstić information content (AvgIpc) is 3.05. The van der Waals surface area contributed by atoms with Crippen LogP contribution in [0.5, 0.6) is 0 Å². The molecule has 0 saturated carbocycles. The van der Waals surface area contributed by atoms with Gasteiger partial charge in [0.1, 0.15) is 17.5 Å². The van der Waals surface area contributed by atoms with Crippen molar-refractivity contribution in [3.8, 4) is 11.4 Å². The topological polar surface area (TPSA) is 88.5 Å². The van der Waals surface area contributed by atoms with Crippen LogP contribution in [0.25, 0.3) is 22.4 Å². The normalized spacial score (nSPS) is 11.1. The minimum absolute atomic E-state index is 0.114. The van der Waals surface area contributed by atoms with E-state index in [1.807, 2.05) is 37.3 Å². The molecule has 0 amide bonds. The van der Waals surface area contributed by atoms with Crippen LogP contribution in [0.1, 0.15) is 23.5 Å². The Bertz CT molecular complexity index is 1210. The molecule has 29 heavy (non-hydrogen) atoms. The number of aryl methyl sites for hydroxylation is 3. The van der Waals surface area contributed by atoms with E-state index in [0.29, 0.717) is 11.4 Å². The van der Waals surface area contributed by atoms with Gasteiger partial charge in [-0.05, 0) is 44.5 Å². The lowest BCUT2D eigenvalue weighted by atomic mass is 10.2. The molecule has 1 aromatic carbocycles. The number of benzene rings is 1. The molecule has 0 aliphatic carbocycles. The molecule has 2 N–H and O–H groups in total. The van der Waals surface area contributed by atoms with Crippen molar-refractivity contribution in [2.75, 3.05) is 11.9 Å². The van der Waals surface area contributed by atoms with Crippen molar-refractivity contribution in [2.45, 2.75) is 26.7 Å². The Labute approximate surface area is 168 Å². The molecule has 7 heteroatoms. The van der Waals surface area contributed by atoms with E-state index in [9.17, 15) is 4.79 Å². The average molecular weight is 388 g/mol. The van der Waals surface area contributed by atoms with Crippen molar-refractivity contribution in [1.29, 1.82) is 0 Å². The van der Waals surface area contributed by atoms with Crippen LogP contribution in [0.3, 0.4) is 0 Å². The van der Waals surface area contributed by atoms with E-state index < -0.39 is 0 Å². The fraction of sp³-hybridized carbons (Fsp3) is 0.273. The van der Waals surface area contributed by atoms with Gasteiger partial charge in [-0.1, -0.05) is 12.1 Å². The summed E-state index contributed by atoms with van der Waals surface area (Å²) in [6.07, 6.45) is 3.57. The quantitative estimate of drug-likeness (QED) is 0.494. The summed E-state index contributed by atoms with van der Waals surface area (Å²) in [4.78, 5) is 28.3. The molecule has 0 aliphatic rings. The van der Waals surface area contributed by atoms with E-state index in [1.54, 1.807) is 13.1 Å². The zero-order chi connectivity index (χ0) is 20.4. The monoisotopic (exact) mass is 388 g/mol. The standard InChI is InChI=1S/C22H24N6O/c1-14-15(2)25-21(27-22(14)29)16-10-11-19(24-13-16)23-12-6-9-20-26-17-7-4-5-8-18(17)28(20)3/h4-5,7-8,10-11,13H,6,9,12H2,1-3H3,(H,23,24)(H,25,27,29). The molecule has 148 valence electrons. The van der Waals surface area contributed by atoms with Crippen molar-refractivity contribution in [3.05, 3.63) is 70.0 Å². The largest absolute Gasteiger partial charge is 0.370 e. The zero-order valence-corrected chi connectivity index (χ0v) is 16.9. The lowest BCUT2D eigenvalue weighted by Gasteiger charge is -2.08. The highest BCUT2D eigenvalue weighted by molar-refractivity contribution is 5.75. The van der Waals surface area contributed by atoms with Crippen molar-refractivity contribution in [1.82, 2.24) is 24.5 Å². The van der Waals surface area contributed by atoms with Crippen molar-refractivity contribution < 1.29 is 0 Å². The van der Waals surface area contributed by atoms with Gasteiger partial charge in [0.15, 0.2) is 0 Å². The number of H-pyrrole nitrogens is 1. The van der Waals surface area contributed by atoms with E-state index in [1.165, 1.54) is 0 Å². The maximum atomic E-state index is 11.9. The molecular formula is C22H24N6O. The van der Waals surface area contributed by atoms with Crippen molar-refractivity contribution in [2.24, 2.45) is 7.05 Å². The molecule has 3 aromatic heterocycles. The number of nitrogens with one attached hydrogen (secondary N) is 2. The molecule has 0 unspecified atom stereocenters. The SMILES string of the molecule is Cc1nc(-c2ccc(NCCCc3nc4ccccc4n3C)nc2)[nH]c(=O)c1C. The summed E-state index contributed by atoms with van der Waals surface area (Å²) < 4.78 is 2.15. The van der Waals surface area contributed by atoms with Crippen LogP contribution in [-0.2, 0) is 13.5 Å². The number of para-hydroxylation sites is 2. The lowest BCUT2D eigenvalue weighted by Crippen LogP contribution is -2.14. The van der Waals surface area contributed by atoms with Gasteiger partial charge in [-0.2, -0.15) is 0 Å². The highest BCUT2D eigenvalue weighted by Crippen LogP contribution is 2.17. The molecule has 0 aliphatic heterocycles. The number of hydrogen-bond acceptors (Lipinski definition) is 5. The first kappa shape index (κ1) is 18.9. The first-order valence-corrected chi connectivity index (χ1v) is 9.71. The maximum Gasteiger partial charge on any atom is 0.254 e. The second kappa shape index (κ2) is 7.87.